The lowest BCUT2D eigenvalue weighted by Gasteiger charge is -2.03. The van der Waals surface area contributed by atoms with Crippen molar-refractivity contribution in [3.8, 4) is 11.4 Å². The molecule has 0 saturated heterocycles. The lowest BCUT2D eigenvalue weighted by atomic mass is 10.1. The minimum absolute atomic E-state index is 0.454. The molecule has 110 valence electrons. The Morgan fingerprint density at radius 1 is 1.18 bits per heavy atom. The van der Waals surface area contributed by atoms with Crippen LogP contribution in [0.5, 0.6) is 0 Å². The van der Waals surface area contributed by atoms with Crippen LogP contribution in [-0.2, 0) is 0 Å². The Morgan fingerprint density at radius 2 is 1.91 bits per heavy atom. The molecule has 3 rings (SSSR count). The van der Waals surface area contributed by atoms with Crippen LogP contribution >= 0.6 is 28.1 Å². The highest BCUT2D eigenvalue weighted by atomic mass is 79.9. The summed E-state index contributed by atoms with van der Waals surface area (Å²) in [5.74, 6) is 0.669. The summed E-state index contributed by atoms with van der Waals surface area (Å²) in [5.41, 5.74) is 3.13. The number of rotatable bonds is 3. The molecule has 1 N–H and O–H groups in total. The molecule has 4 nitrogen and oxygen atoms in total. The Kier molecular flexibility index (Phi) is 4.31. The highest BCUT2D eigenvalue weighted by Gasteiger charge is 2.10. The third-order valence-electron chi connectivity index (χ3n) is 3.27. The molecule has 0 aliphatic rings. The Bertz CT molecular complexity index is 895. The highest BCUT2D eigenvalue weighted by Crippen LogP contribution is 2.26. The largest absolute Gasteiger partial charge is 0.250 e. The van der Waals surface area contributed by atoms with Crippen molar-refractivity contribution < 1.29 is 0 Å². The van der Waals surface area contributed by atoms with Crippen molar-refractivity contribution in [3.63, 3.8) is 0 Å². The van der Waals surface area contributed by atoms with E-state index in [-0.39, 0.29) is 0 Å². The van der Waals surface area contributed by atoms with Gasteiger partial charge >= 0.3 is 0 Å². The van der Waals surface area contributed by atoms with E-state index in [4.69, 9.17) is 12.2 Å². The van der Waals surface area contributed by atoms with E-state index in [1.165, 1.54) is 0 Å². The number of aromatic nitrogens is 3. The van der Waals surface area contributed by atoms with Gasteiger partial charge in [-0.25, -0.2) is 5.10 Å². The summed E-state index contributed by atoms with van der Waals surface area (Å²) in [6.45, 7) is 2.05. The highest BCUT2D eigenvalue weighted by molar-refractivity contribution is 9.10. The van der Waals surface area contributed by atoms with Crippen LogP contribution < -0.4 is 0 Å². The fourth-order valence-electron chi connectivity index (χ4n) is 2.07. The van der Waals surface area contributed by atoms with E-state index < -0.39 is 0 Å². The fourth-order valence-corrected chi connectivity index (χ4v) is 2.71. The first-order valence-electron chi connectivity index (χ1n) is 6.69. The van der Waals surface area contributed by atoms with E-state index in [9.17, 15) is 0 Å². The normalized spacial score (nSPS) is 11.2. The van der Waals surface area contributed by atoms with Crippen LogP contribution in [0, 0.1) is 11.7 Å². The van der Waals surface area contributed by atoms with Gasteiger partial charge in [-0.1, -0.05) is 52.3 Å². The maximum Gasteiger partial charge on any atom is 0.216 e. The standard InChI is InChI=1S/C16H13BrN4S/c1-11-6-2-3-7-12(11)10-18-21-15(19-20-16(21)22)13-8-4-5-9-14(13)17/h2-10H,1H3,(H,20,22). The first-order chi connectivity index (χ1) is 10.7. The summed E-state index contributed by atoms with van der Waals surface area (Å²) in [6.07, 6.45) is 1.79. The van der Waals surface area contributed by atoms with Gasteiger partial charge in [0.2, 0.25) is 4.77 Å². The summed E-state index contributed by atoms with van der Waals surface area (Å²) in [4.78, 5) is 0. The molecular weight excluding hydrogens is 360 g/mol. The Labute approximate surface area is 141 Å². The van der Waals surface area contributed by atoms with Crippen molar-refractivity contribution in [2.24, 2.45) is 5.10 Å². The Morgan fingerprint density at radius 3 is 2.68 bits per heavy atom. The smallest absolute Gasteiger partial charge is 0.216 e. The number of aromatic amines is 1. The van der Waals surface area contributed by atoms with Gasteiger partial charge in [0.05, 0.1) is 6.21 Å². The van der Waals surface area contributed by atoms with E-state index in [0.717, 1.165) is 21.2 Å². The second-order valence-corrected chi connectivity index (χ2v) is 5.99. The van der Waals surface area contributed by atoms with Gasteiger partial charge in [-0.2, -0.15) is 14.9 Å². The lowest BCUT2D eigenvalue weighted by molar-refractivity contribution is 0.871. The van der Waals surface area contributed by atoms with Gasteiger partial charge in [0.25, 0.3) is 0 Å². The minimum Gasteiger partial charge on any atom is -0.250 e. The van der Waals surface area contributed by atoms with E-state index in [1.54, 1.807) is 10.9 Å². The SMILES string of the molecule is Cc1ccccc1C=Nn1c(-c2ccccc2Br)n[nH]c1=S. The van der Waals surface area contributed by atoms with Crippen molar-refractivity contribution in [1.82, 2.24) is 14.9 Å². The number of benzene rings is 2. The third-order valence-corrected chi connectivity index (χ3v) is 4.22. The van der Waals surface area contributed by atoms with Crippen LogP contribution in [-0.4, -0.2) is 21.1 Å². The van der Waals surface area contributed by atoms with Gasteiger partial charge in [0, 0.05) is 10.0 Å². The van der Waals surface area contributed by atoms with Crippen molar-refractivity contribution in [2.75, 3.05) is 0 Å². The van der Waals surface area contributed by atoms with Gasteiger partial charge in [-0.3, -0.25) is 0 Å². The average molecular weight is 373 g/mol. The molecule has 0 aliphatic heterocycles. The first kappa shape index (κ1) is 14.9. The summed E-state index contributed by atoms with van der Waals surface area (Å²) in [6, 6.07) is 15.9. The van der Waals surface area contributed by atoms with E-state index >= 15 is 0 Å². The molecule has 0 saturated carbocycles. The van der Waals surface area contributed by atoms with Crippen LogP contribution in [0.1, 0.15) is 11.1 Å². The fraction of sp³-hybridized carbons (Fsp3) is 0.0625. The summed E-state index contributed by atoms with van der Waals surface area (Å²) < 4.78 is 3.02. The predicted molar refractivity (Wildman–Crippen MR) is 94.7 cm³/mol. The van der Waals surface area contributed by atoms with Crippen LogP contribution in [0.2, 0.25) is 0 Å². The van der Waals surface area contributed by atoms with Gasteiger partial charge in [0.15, 0.2) is 5.82 Å². The number of aryl methyl sites for hydroxylation is 1. The zero-order chi connectivity index (χ0) is 15.5. The van der Waals surface area contributed by atoms with E-state index in [0.29, 0.717) is 10.6 Å². The lowest BCUT2D eigenvalue weighted by Crippen LogP contribution is -1.96. The van der Waals surface area contributed by atoms with Crippen LogP contribution in [0.15, 0.2) is 58.1 Å². The summed E-state index contributed by atoms with van der Waals surface area (Å²) >= 11 is 8.81. The minimum atomic E-state index is 0.454. The van der Waals surface area contributed by atoms with Crippen molar-refractivity contribution in [2.45, 2.75) is 6.92 Å². The number of nitrogens with one attached hydrogen (secondary N) is 1. The predicted octanol–water partition coefficient (Wildman–Crippen LogP) is 4.56. The molecule has 0 atom stereocenters. The maximum atomic E-state index is 5.28. The van der Waals surface area contributed by atoms with Gasteiger partial charge in [-0.05, 0) is 42.4 Å². The number of hydrogen-bond acceptors (Lipinski definition) is 3. The molecule has 0 radical (unpaired) electrons. The van der Waals surface area contributed by atoms with Crippen LogP contribution in [0.3, 0.4) is 0 Å². The van der Waals surface area contributed by atoms with Crippen molar-refractivity contribution >= 4 is 34.4 Å². The molecule has 0 amide bonds. The quantitative estimate of drug-likeness (QED) is 0.540. The van der Waals surface area contributed by atoms with E-state index in [1.807, 2.05) is 55.5 Å². The van der Waals surface area contributed by atoms with Gasteiger partial charge in [-0.15, -0.1) is 0 Å². The van der Waals surface area contributed by atoms with Gasteiger partial charge in [0.1, 0.15) is 0 Å². The molecular formula is C16H13BrN4S. The molecule has 1 heterocycles. The second-order valence-electron chi connectivity index (χ2n) is 4.75. The summed E-state index contributed by atoms with van der Waals surface area (Å²) in [7, 11) is 0. The molecule has 2 aromatic carbocycles. The number of nitrogens with zero attached hydrogens (tertiary/aromatic N) is 3. The van der Waals surface area contributed by atoms with Crippen molar-refractivity contribution in [1.29, 1.82) is 0 Å². The molecule has 0 bridgehead atoms. The number of halogens is 1. The van der Waals surface area contributed by atoms with Gasteiger partial charge < -0.3 is 0 Å². The Balaban J connectivity index is 2.06. The zero-order valence-corrected chi connectivity index (χ0v) is 14.2. The average Bonchev–Trinajstić information content (AvgIpc) is 2.88. The molecule has 3 aromatic rings. The topological polar surface area (TPSA) is 46.0 Å². The molecule has 1 aromatic heterocycles. The number of hydrogen-bond donors (Lipinski definition) is 1. The number of H-pyrrole nitrogens is 1. The summed E-state index contributed by atoms with van der Waals surface area (Å²) in [5, 5.41) is 11.6. The Hall–Kier alpha value is -2.05. The maximum absolute atomic E-state index is 5.28. The molecule has 0 unspecified atom stereocenters. The molecule has 0 fully saturated rings. The molecule has 0 aliphatic carbocycles. The van der Waals surface area contributed by atoms with Crippen LogP contribution in [0.4, 0.5) is 0 Å². The van der Waals surface area contributed by atoms with Crippen molar-refractivity contribution in [3.05, 3.63) is 68.9 Å². The second kappa shape index (κ2) is 6.37. The molecule has 6 heteroatoms. The monoisotopic (exact) mass is 372 g/mol. The molecule has 0 spiro atoms. The third kappa shape index (κ3) is 2.93. The zero-order valence-electron chi connectivity index (χ0n) is 11.8. The van der Waals surface area contributed by atoms with Crippen LogP contribution in [0.25, 0.3) is 11.4 Å². The first-order valence-corrected chi connectivity index (χ1v) is 7.89. The molecule has 22 heavy (non-hydrogen) atoms. The van der Waals surface area contributed by atoms with E-state index in [2.05, 4.69) is 31.2 Å².